The molecule has 0 unspecified atom stereocenters. The number of thiol groups is 1. The lowest BCUT2D eigenvalue weighted by atomic mass is 10.4. The number of aromatic nitrogens is 2. The molecule has 0 N–H and O–H groups in total. The van der Waals surface area contributed by atoms with Gasteiger partial charge in [-0.2, -0.15) is 5.10 Å². The molecule has 2 nitrogen and oxygen atoms in total. The standard InChI is InChI=1S/C7H10N2S/c1-5-4-6(2)9(8-5)7(3)10/h4,10H,3H2,1-2H3. The van der Waals surface area contributed by atoms with Gasteiger partial charge in [0, 0.05) is 5.69 Å². The lowest BCUT2D eigenvalue weighted by Gasteiger charge is -1.98. The van der Waals surface area contributed by atoms with Crippen molar-refractivity contribution in [2.75, 3.05) is 0 Å². The molecule has 54 valence electrons. The van der Waals surface area contributed by atoms with Gasteiger partial charge in [-0.3, -0.25) is 0 Å². The molecular weight excluding hydrogens is 144 g/mol. The Bertz CT molecular complexity index is 263. The average Bonchev–Trinajstić information content (AvgIpc) is 2.10. The van der Waals surface area contributed by atoms with Crippen LogP contribution in [0.15, 0.2) is 12.6 Å². The van der Waals surface area contributed by atoms with Gasteiger partial charge in [0.05, 0.1) is 10.7 Å². The van der Waals surface area contributed by atoms with E-state index in [9.17, 15) is 0 Å². The van der Waals surface area contributed by atoms with Crippen molar-refractivity contribution in [3.8, 4) is 0 Å². The Kier molecular flexibility index (Phi) is 1.85. The predicted molar refractivity (Wildman–Crippen MR) is 46.0 cm³/mol. The molecule has 0 atom stereocenters. The van der Waals surface area contributed by atoms with E-state index in [0.717, 1.165) is 11.4 Å². The lowest BCUT2D eigenvalue weighted by Crippen LogP contribution is -1.94. The van der Waals surface area contributed by atoms with Crippen molar-refractivity contribution in [1.29, 1.82) is 0 Å². The van der Waals surface area contributed by atoms with Crippen molar-refractivity contribution in [1.82, 2.24) is 9.78 Å². The molecule has 3 heteroatoms. The van der Waals surface area contributed by atoms with E-state index in [-0.39, 0.29) is 0 Å². The van der Waals surface area contributed by atoms with Gasteiger partial charge in [-0.25, -0.2) is 4.68 Å². The Morgan fingerprint density at radius 3 is 2.50 bits per heavy atom. The second kappa shape index (κ2) is 2.50. The number of rotatable bonds is 1. The smallest absolute Gasteiger partial charge is 0.0876 e. The van der Waals surface area contributed by atoms with Gasteiger partial charge in [-0.1, -0.05) is 6.58 Å². The molecule has 1 aromatic rings. The summed E-state index contributed by atoms with van der Waals surface area (Å²) in [5.74, 6) is 0. The van der Waals surface area contributed by atoms with E-state index in [1.54, 1.807) is 4.68 Å². The summed E-state index contributed by atoms with van der Waals surface area (Å²) in [6.45, 7) is 7.58. The molecule has 0 spiro atoms. The summed E-state index contributed by atoms with van der Waals surface area (Å²) in [4.78, 5) is 0. The Morgan fingerprint density at radius 1 is 1.70 bits per heavy atom. The highest BCUT2D eigenvalue weighted by molar-refractivity contribution is 7.90. The average molecular weight is 154 g/mol. The molecule has 0 aliphatic rings. The van der Waals surface area contributed by atoms with Crippen LogP contribution in [0.1, 0.15) is 11.4 Å². The van der Waals surface area contributed by atoms with Crippen LogP contribution in [0.5, 0.6) is 0 Å². The Balaban J connectivity index is 3.15. The van der Waals surface area contributed by atoms with Crippen molar-refractivity contribution < 1.29 is 0 Å². The Labute approximate surface area is 66.0 Å². The summed E-state index contributed by atoms with van der Waals surface area (Å²) in [6, 6.07) is 1.99. The maximum absolute atomic E-state index is 4.15. The summed E-state index contributed by atoms with van der Waals surface area (Å²) in [6.07, 6.45) is 0. The number of hydrogen-bond donors (Lipinski definition) is 1. The molecule has 0 amide bonds. The molecule has 0 aromatic carbocycles. The highest BCUT2D eigenvalue weighted by atomic mass is 32.1. The highest BCUT2D eigenvalue weighted by Crippen LogP contribution is 2.09. The monoisotopic (exact) mass is 154 g/mol. The van der Waals surface area contributed by atoms with Crippen molar-refractivity contribution in [3.05, 3.63) is 24.0 Å². The van der Waals surface area contributed by atoms with Crippen molar-refractivity contribution in [3.63, 3.8) is 0 Å². The van der Waals surface area contributed by atoms with Crippen molar-refractivity contribution in [2.24, 2.45) is 0 Å². The van der Waals surface area contributed by atoms with Crippen molar-refractivity contribution in [2.45, 2.75) is 13.8 Å². The number of aryl methyl sites for hydroxylation is 2. The van der Waals surface area contributed by atoms with Crippen LogP contribution in [0.2, 0.25) is 0 Å². The maximum Gasteiger partial charge on any atom is 0.0876 e. The van der Waals surface area contributed by atoms with Crippen molar-refractivity contribution >= 4 is 17.7 Å². The molecule has 10 heavy (non-hydrogen) atoms. The van der Waals surface area contributed by atoms with Crippen LogP contribution in [0, 0.1) is 13.8 Å². The van der Waals surface area contributed by atoms with E-state index in [2.05, 4.69) is 24.3 Å². The molecule has 0 bridgehead atoms. The Hall–Kier alpha value is -0.700. The van der Waals surface area contributed by atoms with E-state index >= 15 is 0 Å². The van der Waals surface area contributed by atoms with Gasteiger partial charge >= 0.3 is 0 Å². The van der Waals surface area contributed by atoms with Crippen LogP contribution in [0.3, 0.4) is 0 Å². The van der Waals surface area contributed by atoms with E-state index in [0.29, 0.717) is 5.03 Å². The first-order valence-electron chi connectivity index (χ1n) is 3.03. The fourth-order valence-corrected chi connectivity index (χ4v) is 1.09. The van der Waals surface area contributed by atoms with Gasteiger partial charge in [-0.15, -0.1) is 12.6 Å². The molecule has 1 aromatic heterocycles. The fourth-order valence-electron chi connectivity index (χ4n) is 0.890. The molecule has 0 aliphatic carbocycles. The van der Waals surface area contributed by atoms with Crippen LogP contribution in [0.25, 0.3) is 5.03 Å². The summed E-state index contributed by atoms with van der Waals surface area (Å²) in [7, 11) is 0. The largest absolute Gasteiger partial charge is 0.232 e. The highest BCUT2D eigenvalue weighted by Gasteiger charge is 1.99. The quantitative estimate of drug-likeness (QED) is 0.611. The van der Waals surface area contributed by atoms with Gasteiger partial charge in [0.2, 0.25) is 0 Å². The van der Waals surface area contributed by atoms with E-state index < -0.39 is 0 Å². The predicted octanol–water partition coefficient (Wildman–Crippen LogP) is 1.86. The minimum Gasteiger partial charge on any atom is -0.232 e. The molecule has 0 aliphatic heterocycles. The number of hydrogen-bond acceptors (Lipinski definition) is 2. The first-order valence-corrected chi connectivity index (χ1v) is 3.47. The fraction of sp³-hybridized carbons (Fsp3) is 0.286. The zero-order valence-corrected chi connectivity index (χ0v) is 7.02. The second-order valence-corrected chi connectivity index (χ2v) is 2.77. The maximum atomic E-state index is 4.15. The summed E-state index contributed by atoms with van der Waals surface area (Å²) in [5.41, 5.74) is 2.06. The molecule has 0 saturated heterocycles. The summed E-state index contributed by atoms with van der Waals surface area (Å²) < 4.78 is 1.71. The van der Waals surface area contributed by atoms with Gasteiger partial charge < -0.3 is 0 Å². The van der Waals surface area contributed by atoms with Gasteiger partial charge in [0.25, 0.3) is 0 Å². The third-order valence-electron chi connectivity index (χ3n) is 1.25. The Morgan fingerprint density at radius 2 is 2.30 bits per heavy atom. The number of nitrogens with zero attached hydrogens (tertiary/aromatic N) is 2. The SMILES string of the molecule is C=C(S)n1nc(C)cc1C. The van der Waals surface area contributed by atoms with Gasteiger partial charge in [-0.05, 0) is 19.9 Å². The molecule has 1 rings (SSSR count). The van der Waals surface area contributed by atoms with E-state index in [1.165, 1.54) is 0 Å². The minimum atomic E-state index is 0.658. The third-order valence-corrected chi connectivity index (χ3v) is 1.44. The zero-order chi connectivity index (χ0) is 7.72. The van der Waals surface area contributed by atoms with Crippen LogP contribution < -0.4 is 0 Å². The van der Waals surface area contributed by atoms with Gasteiger partial charge in [0.1, 0.15) is 0 Å². The topological polar surface area (TPSA) is 17.8 Å². The van der Waals surface area contributed by atoms with Crippen LogP contribution in [-0.4, -0.2) is 9.78 Å². The zero-order valence-electron chi connectivity index (χ0n) is 6.13. The first kappa shape index (κ1) is 7.41. The molecular formula is C7H10N2S. The van der Waals surface area contributed by atoms with E-state index in [4.69, 9.17) is 0 Å². The van der Waals surface area contributed by atoms with Crippen LogP contribution in [0.4, 0.5) is 0 Å². The minimum absolute atomic E-state index is 0.658. The third kappa shape index (κ3) is 1.24. The summed E-state index contributed by atoms with van der Waals surface area (Å²) in [5, 5.41) is 4.81. The van der Waals surface area contributed by atoms with Gasteiger partial charge in [0.15, 0.2) is 0 Å². The normalized spacial score (nSPS) is 9.90. The lowest BCUT2D eigenvalue weighted by molar-refractivity contribution is 0.875. The molecule has 0 radical (unpaired) electrons. The summed E-state index contributed by atoms with van der Waals surface area (Å²) >= 11 is 4.08. The van der Waals surface area contributed by atoms with Crippen LogP contribution >= 0.6 is 12.6 Å². The molecule has 1 heterocycles. The molecule has 0 saturated carbocycles. The van der Waals surface area contributed by atoms with E-state index in [1.807, 2.05) is 19.9 Å². The second-order valence-electron chi connectivity index (χ2n) is 2.26. The molecule has 0 fully saturated rings. The van der Waals surface area contributed by atoms with Crippen LogP contribution in [-0.2, 0) is 0 Å². The first-order chi connectivity index (χ1) is 4.61.